The van der Waals surface area contributed by atoms with Crippen LogP contribution in [0.4, 0.5) is 8.78 Å². The minimum Gasteiger partial charge on any atom is -0.207 e. The van der Waals surface area contributed by atoms with Crippen molar-refractivity contribution >= 4 is 0 Å². The topological polar surface area (TPSA) is 0 Å². The highest BCUT2D eigenvalue weighted by atomic mass is 19.3. The van der Waals surface area contributed by atoms with Gasteiger partial charge in [-0.2, -0.15) is 0 Å². The molecule has 0 fully saturated rings. The number of rotatable bonds is 5. The van der Waals surface area contributed by atoms with Gasteiger partial charge < -0.3 is 0 Å². The van der Waals surface area contributed by atoms with Crippen LogP contribution in [0.2, 0.25) is 0 Å². The van der Waals surface area contributed by atoms with Crippen molar-refractivity contribution in [3.05, 3.63) is 36.0 Å². The Balaban J connectivity index is 4.33. The van der Waals surface area contributed by atoms with Crippen molar-refractivity contribution in [3.63, 3.8) is 0 Å². The summed E-state index contributed by atoms with van der Waals surface area (Å²) in [6.07, 6.45) is 5.84. The van der Waals surface area contributed by atoms with Crippen LogP contribution < -0.4 is 0 Å². The SMILES string of the molecule is C=C(/C=C\C(=C/C)CC(C)(F)F)CC. The molecule has 0 heterocycles. The molecule has 0 bridgehead atoms. The molecule has 0 aliphatic rings. The molecular formula is C12H18F2. The van der Waals surface area contributed by atoms with E-state index in [2.05, 4.69) is 6.58 Å². The van der Waals surface area contributed by atoms with Gasteiger partial charge in [-0.05, 0) is 25.8 Å². The number of allylic oxidation sites excluding steroid dienone is 5. The molecule has 0 rings (SSSR count). The van der Waals surface area contributed by atoms with Crippen molar-refractivity contribution in [3.8, 4) is 0 Å². The smallest absolute Gasteiger partial charge is 0.207 e. The molecule has 0 aliphatic carbocycles. The maximum absolute atomic E-state index is 12.7. The van der Waals surface area contributed by atoms with Gasteiger partial charge in [0.2, 0.25) is 5.92 Å². The Morgan fingerprint density at radius 3 is 2.29 bits per heavy atom. The fourth-order valence-electron chi connectivity index (χ4n) is 0.958. The largest absolute Gasteiger partial charge is 0.249 e. The van der Waals surface area contributed by atoms with Gasteiger partial charge in [0.05, 0.1) is 0 Å². The van der Waals surface area contributed by atoms with E-state index in [9.17, 15) is 8.78 Å². The van der Waals surface area contributed by atoms with Crippen LogP contribution in [0.5, 0.6) is 0 Å². The summed E-state index contributed by atoms with van der Waals surface area (Å²) >= 11 is 0. The summed E-state index contributed by atoms with van der Waals surface area (Å²) in [6, 6.07) is 0. The maximum atomic E-state index is 12.7. The highest BCUT2D eigenvalue weighted by Gasteiger charge is 2.21. The van der Waals surface area contributed by atoms with Gasteiger partial charge in [0.15, 0.2) is 0 Å². The third-order valence-electron chi connectivity index (χ3n) is 1.87. The minimum absolute atomic E-state index is 0.211. The lowest BCUT2D eigenvalue weighted by Gasteiger charge is -2.10. The van der Waals surface area contributed by atoms with E-state index in [0.29, 0.717) is 5.57 Å². The molecule has 14 heavy (non-hydrogen) atoms. The molecule has 0 spiro atoms. The van der Waals surface area contributed by atoms with Gasteiger partial charge in [-0.3, -0.25) is 0 Å². The predicted molar refractivity (Wildman–Crippen MR) is 57.6 cm³/mol. The van der Waals surface area contributed by atoms with Gasteiger partial charge in [-0.15, -0.1) is 0 Å². The van der Waals surface area contributed by atoms with Gasteiger partial charge in [0, 0.05) is 6.42 Å². The third-order valence-corrected chi connectivity index (χ3v) is 1.87. The zero-order chi connectivity index (χ0) is 11.2. The van der Waals surface area contributed by atoms with Gasteiger partial charge in [-0.1, -0.05) is 37.3 Å². The average molecular weight is 200 g/mol. The molecule has 0 aromatic heterocycles. The molecule has 0 saturated carbocycles. The number of alkyl halides is 2. The van der Waals surface area contributed by atoms with E-state index in [1.165, 1.54) is 0 Å². The van der Waals surface area contributed by atoms with E-state index in [4.69, 9.17) is 0 Å². The predicted octanol–water partition coefficient (Wildman–Crippen LogP) is 4.50. The van der Waals surface area contributed by atoms with Crippen LogP contribution in [0.25, 0.3) is 0 Å². The molecule has 0 N–H and O–H groups in total. The van der Waals surface area contributed by atoms with Crippen molar-refractivity contribution in [1.82, 2.24) is 0 Å². The van der Waals surface area contributed by atoms with E-state index in [1.807, 2.05) is 6.92 Å². The zero-order valence-electron chi connectivity index (χ0n) is 9.11. The maximum Gasteiger partial charge on any atom is 0.249 e. The van der Waals surface area contributed by atoms with Gasteiger partial charge >= 0.3 is 0 Å². The first kappa shape index (κ1) is 13.1. The molecular weight excluding hydrogens is 182 g/mol. The highest BCUT2D eigenvalue weighted by molar-refractivity contribution is 5.26. The first-order chi connectivity index (χ1) is 6.39. The molecule has 0 aromatic carbocycles. The summed E-state index contributed by atoms with van der Waals surface area (Å²) in [6.45, 7) is 8.45. The Labute approximate surface area is 85.0 Å². The van der Waals surface area contributed by atoms with E-state index in [-0.39, 0.29) is 6.42 Å². The highest BCUT2D eigenvalue weighted by Crippen LogP contribution is 2.23. The van der Waals surface area contributed by atoms with Gasteiger partial charge in [0.25, 0.3) is 0 Å². The zero-order valence-corrected chi connectivity index (χ0v) is 9.11. The Hall–Kier alpha value is -0.920. The summed E-state index contributed by atoms with van der Waals surface area (Å²) < 4.78 is 25.3. The Bertz CT molecular complexity index is 242. The van der Waals surface area contributed by atoms with E-state index < -0.39 is 5.92 Å². The van der Waals surface area contributed by atoms with Crippen LogP contribution in [0, 0.1) is 0 Å². The summed E-state index contributed by atoms with van der Waals surface area (Å²) in [4.78, 5) is 0. The standard InChI is InChI=1S/C12H18F2/c1-5-10(3)7-8-11(6-2)9-12(4,13)14/h6-8H,3,5,9H2,1-2,4H3/b8-7-,11-6+. The van der Waals surface area contributed by atoms with E-state index in [0.717, 1.165) is 18.9 Å². The van der Waals surface area contributed by atoms with Crippen LogP contribution >= 0.6 is 0 Å². The molecule has 0 unspecified atom stereocenters. The quantitative estimate of drug-likeness (QED) is 0.573. The van der Waals surface area contributed by atoms with E-state index >= 15 is 0 Å². The normalized spacial score (nSPS) is 13.6. The second-order valence-electron chi connectivity index (χ2n) is 3.46. The first-order valence-corrected chi connectivity index (χ1v) is 4.78. The van der Waals surface area contributed by atoms with Crippen LogP contribution in [0.1, 0.15) is 33.6 Å². The minimum atomic E-state index is -2.64. The summed E-state index contributed by atoms with van der Waals surface area (Å²) in [7, 11) is 0. The van der Waals surface area contributed by atoms with E-state index in [1.54, 1.807) is 25.2 Å². The summed E-state index contributed by atoms with van der Waals surface area (Å²) in [5.41, 5.74) is 1.59. The van der Waals surface area contributed by atoms with Crippen molar-refractivity contribution in [1.29, 1.82) is 0 Å². The number of hydrogen-bond acceptors (Lipinski definition) is 0. The summed E-state index contributed by atoms with van der Waals surface area (Å²) in [5.74, 6) is -2.64. The van der Waals surface area contributed by atoms with Crippen molar-refractivity contribution in [2.24, 2.45) is 0 Å². The second kappa shape index (κ2) is 5.74. The second-order valence-corrected chi connectivity index (χ2v) is 3.46. The fourth-order valence-corrected chi connectivity index (χ4v) is 0.958. The Morgan fingerprint density at radius 1 is 1.36 bits per heavy atom. The fraction of sp³-hybridized carbons (Fsp3) is 0.500. The molecule has 0 nitrogen and oxygen atoms in total. The monoisotopic (exact) mass is 200 g/mol. The molecule has 0 aromatic rings. The van der Waals surface area contributed by atoms with Crippen LogP contribution in [-0.2, 0) is 0 Å². The number of halogens is 2. The Kier molecular flexibility index (Phi) is 5.36. The van der Waals surface area contributed by atoms with Crippen LogP contribution in [0.15, 0.2) is 36.0 Å². The van der Waals surface area contributed by atoms with Gasteiger partial charge in [-0.25, -0.2) is 8.78 Å². The lowest BCUT2D eigenvalue weighted by Crippen LogP contribution is -2.09. The van der Waals surface area contributed by atoms with Crippen molar-refractivity contribution < 1.29 is 8.78 Å². The molecule has 80 valence electrons. The lowest BCUT2D eigenvalue weighted by molar-refractivity contribution is 0.0234. The molecule has 0 saturated heterocycles. The molecule has 0 aliphatic heterocycles. The molecule has 0 radical (unpaired) electrons. The van der Waals surface area contributed by atoms with Crippen molar-refractivity contribution in [2.75, 3.05) is 0 Å². The number of hydrogen-bond donors (Lipinski definition) is 0. The third kappa shape index (κ3) is 6.58. The van der Waals surface area contributed by atoms with Crippen molar-refractivity contribution in [2.45, 2.75) is 39.5 Å². The molecule has 0 atom stereocenters. The molecule has 0 amide bonds. The van der Waals surface area contributed by atoms with Crippen LogP contribution in [0.3, 0.4) is 0 Å². The Morgan fingerprint density at radius 2 is 1.93 bits per heavy atom. The van der Waals surface area contributed by atoms with Gasteiger partial charge in [0.1, 0.15) is 0 Å². The average Bonchev–Trinajstić information content (AvgIpc) is 2.09. The summed E-state index contributed by atoms with van der Waals surface area (Å²) in [5, 5.41) is 0. The van der Waals surface area contributed by atoms with Crippen LogP contribution in [-0.4, -0.2) is 5.92 Å². The first-order valence-electron chi connectivity index (χ1n) is 4.78. The lowest BCUT2D eigenvalue weighted by atomic mass is 10.1. The molecule has 2 heteroatoms.